The van der Waals surface area contributed by atoms with Gasteiger partial charge in [-0.1, -0.05) is 12.1 Å². The quantitative estimate of drug-likeness (QED) is 0.831. The third kappa shape index (κ3) is 3.94. The van der Waals surface area contributed by atoms with Gasteiger partial charge >= 0.3 is 0 Å². The maximum absolute atomic E-state index is 11.3. The van der Waals surface area contributed by atoms with Crippen LogP contribution in [0.5, 0.6) is 5.75 Å². The molecule has 1 saturated heterocycles. The van der Waals surface area contributed by atoms with Gasteiger partial charge in [-0.2, -0.15) is 0 Å². The van der Waals surface area contributed by atoms with E-state index in [1.165, 1.54) is 5.56 Å². The number of sulfone groups is 1. The summed E-state index contributed by atoms with van der Waals surface area (Å²) in [6, 6.07) is 6.09. The van der Waals surface area contributed by atoms with Gasteiger partial charge in [0.15, 0.2) is 9.84 Å². The first-order valence-corrected chi connectivity index (χ1v) is 8.43. The molecule has 1 aromatic rings. The molecular formula is C14H21NO3S. The smallest absolute Gasteiger partial charge is 0.151 e. The van der Waals surface area contributed by atoms with Crippen molar-refractivity contribution in [2.24, 2.45) is 0 Å². The molecule has 2 rings (SSSR count). The average Bonchev–Trinajstić information content (AvgIpc) is 2.69. The minimum absolute atomic E-state index is 0.0900. The highest BCUT2D eigenvalue weighted by Crippen LogP contribution is 2.20. The SMILES string of the molecule is Cc1cccc(OCCNC2CCS(=O)(=O)C2)c1C. The zero-order valence-electron chi connectivity index (χ0n) is 11.5. The minimum Gasteiger partial charge on any atom is -0.492 e. The molecule has 0 amide bonds. The second kappa shape index (κ2) is 5.92. The van der Waals surface area contributed by atoms with Crippen molar-refractivity contribution in [2.45, 2.75) is 26.3 Å². The average molecular weight is 283 g/mol. The maximum atomic E-state index is 11.3. The lowest BCUT2D eigenvalue weighted by Crippen LogP contribution is -2.33. The Balaban J connectivity index is 1.74. The molecule has 106 valence electrons. The van der Waals surface area contributed by atoms with Crippen LogP contribution in [0.3, 0.4) is 0 Å². The Morgan fingerprint density at radius 2 is 2.16 bits per heavy atom. The number of aryl methyl sites for hydroxylation is 1. The first-order chi connectivity index (χ1) is 8.98. The van der Waals surface area contributed by atoms with E-state index in [-0.39, 0.29) is 11.8 Å². The van der Waals surface area contributed by atoms with Crippen LogP contribution in [0.15, 0.2) is 18.2 Å². The maximum Gasteiger partial charge on any atom is 0.151 e. The van der Waals surface area contributed by atoms with Crippen molar-refractivity contribution in [3.05, 3.63) is 29.3 Å². The summed E-state index contributed by atoms with van der Waals surface area (Å²) in [5.41, 5.74) is 2.37. The number of benzene rings is 1. The predicted octanol–water partition coefficient (Wildman–Crippen LogP) is 1.46. The molecule has 5 heteroatoms. The van der Waals surface area contributed by atoms with Gasteiger partial charge in [0.1, 0.15) is 12.4 Å². The van der Waals surface area contributed by atoms with E-state index in [1.54, 1.807) is 0 Å². The third-order valence-electron chi connectivity index (χ3n) is 3.58. The summed E-state index contributed by atoms with van der Waals surface area (Å²) in [6.07, 6.45) is 0.714. The third-order valence-corrected chi connectivity index (χ3v) is 5.35. The summed E-state index contributed by atoms with van der Waals surface area (Å²) < 4.78 is 28.3. The highest BCUT2D eigenvalue weighted by molar-refractivity contribution is 7.91. The van der Waals surface area contributed by atoms with Crippen molar-refractivity contribution >= 4 is 9.84 Å². The van der Waals surface area contributed by atoms with Crippen molar-refractivity contribution in [3.8, 4) is 5.75 Å². The predicted molar refractivity (Wildman–Crippen MR) is 76.5 cm³/mol. The van der Waals surface area contributed by atoms with Gasteiger partial charge in [-0.05, 0) is 37.5 Å². The summed E-state index contributed by atoms with van der Waals surface area (Å²) in [6.45, 7) is 5.33. The van der Waals surface area contributed by atoms with Gasteiger partial charge in [0.05, 0.1) is 11.5 Å². The molecule has 1 fully saturated rings. The van der Waals surface area contributed by atoms with Gasteiger partial charge in [-0.25, -0.2) is 8.42 Å². The fourth-order valence-corrected chi connectivity index (χ4v) is 3.97. The number of nitrogens with one attached hydrogen (secondary N) is 1. The van der Waals surface area contributed by atoms with Gasteiger partial charge in [-0.3, -0.25) is 0 Å². The van der Waals surface area contributed by atoms with E-state index in [1.807, 2.05) is 19.1 Å². The minimum atomic E-state index is -2.80. The Bertz CT molecular complexity index is 540. The van der Waals surface area contributed by atoms with Gasteiger partial charge in [0.2, 0.25) is 0 Å². The van der Waals surface area contributed by atoms with Crippen molar-refractivity contribution in [2.75, 3.05) is 24.7 Å². The number of rotatable bonds is 5. The summed E-state index contributed by atoms with van der Waals surface area (Å²) in [5.74, 6) is 1.47. The Kier molecular flexibility index (Phi) is 4.47. The standard InChI is InChI=1S/C14H21NO3S/c1-11-4-3-5-14(12(11)2)18-8-7-15-13-6-9-19(16,17)10-13/h3-5,13,15H,6-10H2,1-2H3. The zero-order chi connectivity index (χ0) is 13.9. The van der Waals surface area contributed by atoms with E-state index < -0.39 is 9.84 Å². The molecule has 0 radical (unpaired) electrons. The van der Waals surface area contributed by atoms with Crippen molar-refractivity contribution in [1.29, 1.82) is 0 Å². The Morgan fingerprint density at radius 1 is 1.37 bits per heavy atom. The lowest BCUT2D eigenvalue weighted by atomic mass is 10.1. The second-order valence-corrected chi connectivity index (χ2v) is 7.33. The molecule has 1 unspecified atom stereocenters. The highest BCUT2D eigenvalue weighted by atomic mass is 32.2. The van der Waals surface area contributed by atoms with Crippen LogP contribution >= 0.6 is 0 Å². The normalized spacial score (nSPS) is 21.5. The summed E-state index contributed by atoms with van der Waals surface area (Å²) >= 11 is 0. The van der Waals surface area contributed by atoms with E-state index in [0.29, 0.717) is 25.3 Å². The topological polar surface area (TPSA) is 55.4 Å². The van der Waals surface area contributed by atoms with E-state index in [4.69, 9.17) is 4.74 Å². The lowest BCUT2D eigenvalue weighted by molar-refractivity contribution is 0.305. The molecule has 1 N–H and O–H groups in total. The molecular weight excluding hydrogens is 262 g/mol. The molecule has 1 heterocycles. The molecule has 1 aliphatic heterocycles. The van der Waals surface area contributed by atoms with Gasteiger partial charge in [-0.15, -0.1) is 0 Å². The molecule has 4 nitrogen and oxygen atoms in total. The number of hydrogen-bond acceptors (Lipinski definition) is 4. The molecule has 0 spiro atoms. The molecule has 1 aliphatic rings. The molecule has 0 aliphatic carbocycles. The zero-order valence-corrected chi connectivity index (χ0v) is 12.3. The van der Waals surface area contributed by atoms with Crippen LogP contribution in [-0.2, 0) is 9.84 Å². The Labute approximate surface area is 115 Å². The summed E-state index contributed by atoms with van der Waals surface area (Å²) in [5, 5.41) is 3.24. The molecule has 0 aromatic heterocycles. The first kappa shape index (κ1) is 14.3. The Hall–Kier alpha value is -1.07. The molecule has 0 bridgehead atoms. The largest absolute Gasteiger partial charge is 0.492 e. The van der Waals surface area contributed by atoms with Crippen LogP contribution < -0.4 is 10.1 Å². The van der Waals surface area contributed by atoms with E-state index in [9.17, 15) is 8.42 Å². The van der Waals surface area contributed by atoms with Gasteiger partial charge in [0.25, 0.3) is 0 Å². The lowest BCUT2D eigenvalue weighted by Gasteiger charge is -2.13. The van der Waals surface area contributed by atoms with Crippen LogP contribution in [0.4, 0.5) is 0 Å². The fraction of sp³-hybridized carbons (Fsp3) is 0.571. The van der Waals surface area contributed by atoms with Gasteiger partial charge in [0, 0.05) is 12.6 Å². The number of hydrogen-bond donors (Lipinski definition) is 1. The van der Waals surface area contributed by atoms with E-state index >= 15 is 0 Å². The fourth-order valence-electron chi connectivity index (χ4n) is 2.26. The first-order valence-electron chi connectivity index (χ1n) is 6.61. The second-order valence-electron chi connectivity index (χ2n) is 5.10. The summed E-state index contributed by atoms with van der Waals surface area (Å²) in [4.78, 5) is 0. The van der Waals surface area contributed by atoms with E-state index in [2.05, 4.69) is 18.3 Å². The van der Waals surface area contributed by atoms with Crippen LogP contribution in [0.25, 0.3) is 0 Å². The van der Waals surface area contributed by atoms with Crippen molar-refractivity contribution in [3.63, 3.8) is 0 Å². The van der Waals surface area contributed by atoms with Crippen molar-refractivity contribution < 1.29 is 13.2 Å². The number of ether oxygens (including phenoxy) is 1. The van der Waals surface area contributed by atoms with Crippen LogP contribution in [0.1, 0.15) is 17.5 Å². The molecule has 19 heavy (non-hydrogen) atoms. The monoisotopic (exact) mass is 283 g/mol. The van der Waals surface area contributed by atoms with Crippen LogP contribution in [0, 0.1) is 13.8 Å². The Morgan fingerprint density at radius 3 is 2.84 bits per heavy atom. The molecule has 0 saturated carbocycles. The van der Waals surface area contributed by atoms with E-state index in [0.717, 1.165) is 11.3 Å². The summed E-state index contributed by atoms with van der Waals surface area (Å²) in [7, 11) is -2.80. The van der Waals surface area contributed by atoms with Gasteiger partial charge < -0.3 is 10.1 Å². The molecule has 1 atom stereocenters. The highest BCUT2D eigenvalue weighted by Gasteiger charge is 2.27. The van der Waals surface area contributed by atoms with Crippen LogP contribution in [0.2, 0.25) is 0 Å². The molecule has 1 aromatic carbocycles. The van der Waals surface area contributed by atoms with Crippen LogP contribution in [-0.4, -0.2) is 39.1 Å². The van der Waals surface area contributed by atoms with Crippen molar-refractivity contribution in [1.82, 2.24) is 5.32 Å².